The molecule has 2 aromatic carbocycles. The molecule has 4 rings (SSSR count). The summed E-state index contributed by atoms with van der Waals surface area (Å²) < 4.78 is 5.40. The molecule has 0 saturated heterocycles. The van der Waals surface area contributed by atoms with E-state index >= 15 is 0 Å². The van der Waals surface area contributed by atoms with Crippen molar-refractivity contribution in [3.05, 3.63) is 65.4 Å². The molecule has 1 aliphatic rings. The second kappa shape index (κ2) is 6.04. The van der Waals surface area contributed by atoms with E-state index in [4.69, 9.17) is 4.74 Å². The van der Waals surface area contributed by atoms with Gasteiger partial charge < -0.3 is 14.6 Å². The number of amides is 1. The molecule has 0 aliphatic carbocycles. The van der Waals surface area contributed by atoms with Crippen molar-refractivity contribution in [1.29, 1.82) is 0 Å². The van der Waals surface area contributed by atoms with Crippen molar-refractivity contribution in [3.8, 4) is 5.75 Å². The van der Waals surface area contributed by atoms with Crippen LogP contribution >= 0.6 is 0 Å². The van der Waals surface area contributed by atoms with Gasteiger partial charge in [-0.1, -0.05) is 36.4 Å². The van der Waals surface area contributed by atoms with Crippen molar-refractivity contribution in [2.75, 3.05) is 20.2 Å². The third-order valence-corrected chi connectivity index (χ3v) is 4.79. The van der Waals surface area contributed by atoms with Crippen LogP contribution in [0.2, 0.25) is 0 Å². The molecule has 1 aromatic heterocycles. The maximum atomic E-state index is 12.8. The standard InChI is InChI=1S/C20H20N2O2/c1-24-18-9-5-2-6-14(18)10-12-22-13-11-16-15-7-3-4-8-17(15)21-19(16)20(22)23/h2-9,21H,10-13H2,1H3. The van der Waals surface area contributed by atoms with Gasteiger partial charge in [0, 0.05) is 24.0 Å². The molecule has 1 amide bonds. The zero-order chi connectivity index (χ0) is 16.5. The molecule has 0 radical (unpaired) electrons. The van der Waals surface area contributed by atoms with E-state index in [0.29, 0.717) is 6.54 Å². The molecule has 0 unspecified atom stereocenters. The van der Waals surface area contributed by atoms with E-state index in [0.717, 1.165) is 47.5 Å². The van der Waals surface area contributed by atoms with E-state index in [-0.39, 0.29) is 5.91 Å². The van der Waals surface area contributed by atoms with Crippen LogP contribution in [0.5, 0.6) is 5.75 Å². The molecule has 0 fully saturated rings. The lowest BCUT2D eigenvalue weighted by Gasteiger charge is -2.27. The molecule has 4 nitrogen and oxygen atoms in total. The normalized spacial score (nSPS) is 14.0. The van der Waals surface area contributed by atoms with Crippen LogP contribution < -0.4 is 4.74 Å². The minimum absolute atomic E-state index is 0.0994. The van der Waals surface area contributed by atoms with Gasteiger partial charge in [0.1, 0.15) is 11.4 Å². The van der Waals surface area contributed by atoms with E-state index in [2.05, 4.69) is 17.1 Å². The smallest absolute Gasteiger partial charge is 0.270 e. The first kappa shape index (κ1) is 14.8. The summed E-state index contributed by atoms with van der Waals surface area (Å²) in [5.41, 5.74) is 4.09. The number of methoxy groups -OCH3 is 1. The third kappa shape index (κ3) is 2.44. The van der Waals surface area contributed by atoms with Crippen LogP contribution in [0.15, 0.2) is 48.5 Å². The van der Waals surface area contributed by atoms with Gasteiger partial charge in [-0.15, -0.1) is 0 Å². The lowest BCUT2D eigenvalue weighted by atomic mass is 10.0. The maximum absolute atomic E-state index is 12.8. The van der Waals surface area contributed by atoms with Crippen LogP contribution in [0.3, 0.4) is 0 Å². The van der Waals surface area contributed by atoms with E-state index in [9.17, 15) is 4.79 Å². The molecule has 0 spiro atoms. The van der Waals surface area contributed by atoms with Crippen molar-refractivity contribution in [2.45, 2.75) is 12.8 Å². The minimum atomic E-state index is 0.0994. The van der Waals surface area contributed by atoms with Gasteiger partial charge in [-0.3, -0.25) is 4.79 Å². The molecule has 24 heavy (non-hydrogen) atoms. The molecular formula is C20H20N2O2. The van der Waals surface area contributed by atoms with Gasteiger partial charge in [0.2, 0.25) is 0 Å². The Balaban J connectivity index is 1.55. The zero-order valence-electron chi connectivity index (χ0n) is 13.7. The fourth-order valence-corrected chi connectivity index (χ4v) is 3.53. The third-order valence-electron chi connectivity index (χ3n) is 4.79. The van der Waals surface area contributed by atoms with Crippen LogP contribution in [-0.2, 0) is 12.8 Å². The predicted octanol–water partition coefficient (Wildman–Crippen LogP) is 3.42. The molecule has 1 aliphatic heterocycles. The number of benzene rings is 2. The van der Waals surface area contributed by atoms with Crippen molar-refractivity contribution >= 4 is 16.8 Å². The second-order valence-electron chi connectivity index (χ2n) is 6.13. The van der Waals surface area contributed by atoms with E-state index in [1.54, 1.807) is 7.11 Å². The lowest BCUT2D eigenvalue weighted by Crippen LogP contribution is -2.38. The summed E-state index contributed by atoms with van der Waals surface area (Å²) in [6.07, 6.45) is 1.70. The Bertz CT molecular complexity index is 898. The van der Waals surface area contributed by atoms with Crippen LogP contribution in [0.25, 0.3) is 10.9 Å². The Labute approximate surface area is 141 Å². The number of fused-ring (bicyclic) bond motifs is 3. The highest BCUT2D eigenvalue weighted by atomic mass is 16.5. The van der Waals surface area contributed by atoms with Gasteiger partial charge in [-0.2, -0.15) is 0 Å². The number of carbonyl (C=O) groups excluding carboxylic acids is 1. The quantitative estimate of drug-likeness (QED) is 0.800. The number of rotatable bonds is 4. The number of carbonyl (C=O) groups is 1. The monoisotopic (exact) mass is 320 g/mol. The van der Waals surface area contributed by atoms with Crippen LogP contribution in [0.4, 0.5) is 0 Å². The fourth-order valence-electron chi connectivity index (χ4n) is 3.53. The first-order valence-corrected chi connectivity index (χ1v) is 8.28. The Morgan fingerprint density at radius 2 is 1.92 bits per heavy atom. The molecule has 0 atom stereocenters. The Morgan fingerprint density at radius 1 is 1.12 bits per heavy atom. The molecule has 0 bridgehead atoms. The summed E-state index contributed by atoms with van der Waals surface area (Å²) in [7, 11) is 1.68. The van der Waals surface area contributed by atoms with E-state index in [1.807, 2.05) is 41.3 Å². The van der Waals surface area contributed by atoms with Gasteiger partial charge in [0.05, 0.1) is 7.11 Å². The summed E-state index contributed by atoms with van der Waals surface area (Å²) in [5, 5.41) is 1.17. The zero-order valence-corrected chi connectivity index (χ0v) is 13.7. The molecule has 2 heterocycles. The van der Waals surface area contributed by atoms with Gasteiger partial charge in [-0.05, 0) is 36.1 Å². The largest absolute Gasteiger partial charge is 0.496 e. The lowest BCUT2D eigenvalue weighted by molar-refractivity contribution is 0.0736. The van der Waals surface area contributed by atoms with Crippen LogP contribution in [0.1, 0.15) is 21.6 Å². The number of nitrogens with one attached hydrogen (secondary N) is 1. The molecule has 122 valence electrons. The van der Waals surface area contributed by atoms with Crippen LogP contribution in [0, 0.1) is 0 Å². The average Bonchev–Trinajstić information content (AvgIpc) is 3.01. The Hall–Kier alpha value is -2.75. The summed E-state index contributed by atoms with van der Waals surface area (Å²) >= 11 is 0. The van der Waals surface area contributed by atoms with E-state index in [1.165, 1.54) is 5.39 Å². The van der Waals surface area contributed by atoms with Gasteiger partial charge in [0.25, 0.3) is 5.91 Å². The average molecular weight is 320 g/mol. The summed E-state index contributed by atoms with van der Waals surface area (Å²) in [4.78, 5) is 18.1. The second-order valence-corrected chi connectivity index (χ2v) is 6.13. The SMILES string of the molecule is COc1ccccc1CCN1CCc2c([nH]c3ccccc23)C1=O. The number of para-hydroxylation sites is 2. The van der Waals surface area contributed by atoms with E-state index < -0.39 is 0 Å². The van der Waals surface area contributed by atoms with Crippen molar-refractivity contribution in [1.82, 2.24) is 9.88 Å². The van der Waals surface area contributed by atoms with Gasteiger partial charge in [0.15, 0.2) is 0 Å². The number of aromatic nitrogens is 1. The van der Waals surface area contributed by atoms with Crippen LogP contribution in [-0.4, -0.2) is 36.0 Å². The first-order valence-electron chi connectivity index (χ1n) is 8.28. The highest BCUT2D eigenvalue weighted by Gasteiger charge is 2.27. The molecule has 0 saturated carbocycles. The summed E-state index contributed by atoms with van der Waals surface area (Å²) in [5.74, 6) is 0.982. The maximum Gasteiger partial charge on any atom is 0.270 e. The van der Waals surface area contributed by atoms with Crippen molar-refractivity contribution in [2.24, 2.45) is 0 Å². The summed E-state index contributed by atoms with van der Waals surface area (Å²) in [6, 6.07) is 16.1. The molecule has 4 heteroatoms. The molecule has 3 aromatic rings. The van der Waals surface area contributed by atoms with Crippen molar-refractivity contribution < 1.29 is 9.53 Å². The summed E-state index contributed by atoms with van der Waals surface area (Å²) in [6.45, 7) is 1.47. The number of hydrogen-bond acceptors (Lipinski definition) is 2. The van der Waals surface area contributed by atoms with Crippen molar-refractivity contribution in [3.63, 3.8) is 0 Å². The predicted molar refractivity (Wildman–Crippen MR) is 94.6 cm³/mol. The number of ether oxygens (including phenoxy) is 1. The number of H-pyrrole nitrogens is 1. The molecular weight excluding hydrogens is 300 g/mol. The highest BCUT2D eigenvalue weighted by Crippen LogP contribution is 2.27. The Morgan fingerprint density at radius 3 is 2.79 bits per heavy atom. The highest BCUT2D eigenvalue weighted by molar-refractivity contribution is 6.02. The number of hydrogen-bond donors (Lipinski definition) is 1. The fraction of sp³-hybridized carbons (Fsp3) is 0.250. The topological polar surface area (TPSA) is 45.3 Å². The molecule has 1 N–H and O–H groups in total. The van der Waals surface area contributed by atoms with Gasteiger partial charge in [-0.25, -0.2) is 0 Å². The van der Waals surface area contributed by atoms with Gasteiger partial charge >= 0.3 is 0 Å². The minimum Gasteiger partial charge on any atom is -0.496 e. The number of nitrogens with zero attached hydrogens (tertiary/aromatic N) is 1. The Kier molecular flexibility index (Phi) is 3.73. The number of aromatic amines is 1. The first-order chi connectivity index (χ1) is 11.8.